The van der Waals surface area contributed by atoms with Gasteiger partial charge in [0.2, 0.25) is 0 Å². The van der Waals surface area contributed by atoms with Crippen molar-refractivity contribution in [1.82, 2.24) is 0 Å². The Hall–Kier alpha value is -2.09. The van der Waals surface area contributed by atoms with Crippen LogP contribution in [0.5, 0.6) is 0 Å². The third kappa shape index (κ3) is 8.96. The molecule has 22 heavy (non-hydrogen) atoms. The molecule has 0 unspecified atom stereocenters. The molecule has 0 fully saturated rings. The lowest BCUT2D eigenvalue weighted by atomic mass is 10.0. The van der Waals surface area contributed by atoms with Crippen LogP contribution < -0.4 is 0 Å². The van der Waals surface area contributed by atoms with Crippen LogP contribution in [0.2, 0.25) is 0 Å². The zero-order valence-electron chi connectivity index (χ0n) is 14.8. The second-order valence-electron chi connectivity index (χ2n) is 3.96. The fraction of sp³-hybridized carbons (Fsp3) is 0.350. The molecule has 1 N–H and O–H groups in total. The molecule has 0 saturated carbocycles. The number of hydrogen-bond donors (Lipinski definition) is 1. The molecule has 0 atom stereocenters. The molecule has 2 nitrogen and oxygen atoms in total. The van der Waals surface area contributed by atoms with Gasteiger partial charge in [-0.1, -0.05) is 90.4 Å². The maximum absolute atomic E-state index is 10.6. The van der Waals surface area contributed by atoms with E-state index in [0.717, 1.165) is 11.1 Å². The number of rotatable bonds is 2. The number of aromatic carboxylic acids is 1. The quantitative estimate of drug-likeness (QED) is 0.685. The fourth-order valence-electron chi connectivity index (χ4n) is 1.44. The van der Waals surface area contributed by atoms with Crippen molar-refractivity contribution in [1.29, 1.82) is 0 Å². The van der Waals surface area contributed by atoms with E-state index in [1.54, 1.807) is 12.1 Å². The molecular formula is C20H30O2. The van der Waals surface area contributed by atoms with Crippen LogP contribution in [0.25, 0.3) is 11.1 Å². The summed E-state index contributed by atoms with van der Waals surface area (Å²) in [4.78, 5) is 10.6. The zero-order chi connectivity index (χ0) is 17.4. The van der Waals surface area contributed by atoms with Crippen LogP contribution in [0.15, 0.2) is 54.6 Å². The van der Waals surface area contributed by atoms with Gasteiger partial charge < -0.3 is 5.11 Å². The maximum atomic E-state index is 10.6. The molecule has 0 heterocycles. The van der Waals surface area contributed by atoms with Crippen LogP contribution in [0.4, 0.5) is 0 Å². The van der Waals surface area contributed by atoms with Gasteiger partial charge in [-0.3, -0.25) is 0 Å². The highest BCUT2D eigenvalue weighted by atomic mass is 16.4. The van der Waals surface area contributed by atoms with E-state index in [-0.39, 0.29) is 0 Å². The minimum Gasteiger partial charge on any atom is -0.478 e. The van der Waals surface area contributed by atoms with Gasteiger partial charge in [-0.2, -0.15) is 0 Å². The minimum atomic E-state index is -0.894. The van der Waals surface area contributed by atoms with E-state index >= 15 is 0 Å². The lowest BCUT2D eigenvalue weighted by molar-refractivity contribution is 0.0697. The molecule has 0 spiro atoms. The van der Waals surface area contributed by atoms with Gasteiger partial charge in [0.05, 0.1) is 5.56 Å². The molecule has 2 rings (SSSR count). The van der Waals surface area contributed by atoms with Gasteiger partial charge in [0.15, 0.2) is 0 Å². The smallest absolute Gasteiger partial charge is 0.335 e. The second kappa shape index (κ2) is 15.3. The van der Waals surface area contributed by atoms with Crippen molar-refractivity contribution in [2.45, 2.75) is 48.0 Å². The molecule has 0 aliphatic rings. The second-order valence-corrected chi connectivity index (χ2v) is 3.96. The summed E-state index contributed by atoms with van der Waals surface area (Å²) in [7, 11) is 0. The summed E-state index contributed by atoms with van der Waals surface area (Å²) in [5, 5.41) is 8.75. The summed E-state index contributed by atoms with van der Waals surface area (Å²) in [6.45, 7) is 12.2. The lowest BCUT2D eigenvalue weighted by Gasteiger charge is -2.01. The maximum Gasteiger partial charge on any atom is 0.335 e. The first kappa shape index (κ1) is 22.2. The molecule has 0 aromatic heterocycles. The van der Waals surface area contributed by atoms with Gasteiger partial charge >= 0.3 is 5.97 Å². The van der Waals surface area contributed by atoms with E-state index in [0.29, 0.717) is 5.56 Å². The fourth-order valence-corrected chi connectivity index (χ4v) is 1.44. The number of carboxylic acid groups (broad SMARTS) is 1. The highest BCUT2D eigenvalue weighted by Gasteiger charge is 2.02. The topological polar surface area (TPSA) is 37.3 Å². The predicted octanol–water partition coefficient (Wildman–Crippen LogP) is 6.52. The third-order valence-electron chi connectivity index (χ3n) is 2.24. The minimum absolute atomic E-state index is 0.315. The van der Waals surface area contributed by atoms with Crippen molar-refractivity contribution in [3.05, 3.63) is 60.2 Å². The summed E-state index contributed by atoms with van der Waals surface area (Å²) in [6, 6.07) is 16.7. The Morgan fingerprint density at radius 3 is 1.50 bits per heavy atom. The Balaban J connectivity index is 0. The Kier molecular flexibility index (Phi) is 15.4. The van der Waals surface area contributed by atoms with Crippen molar-refractivity contribution in [3.8, 4) is 11.1 Å². The Morgan fingerprint density at radius 2 is 1.14 bits per heavy atom. The highest BCUT2D eigenvalue weighted by Crippen LogP contribution is 2.18. The summed E-state index contributed by atoms with van der Waals surface area (Å²) >= 11 is 0. The lowest BCUT2D eigenvalue weighted by Crippen LogP contribution is -1.94. The summed E-state index contributed by atoms with van der Waals surface area (Å²) in [6.07, 6.45) is 1.25. The van der Waals surface area contributed by atoms with E-state index in [1.165, 1.54) is 6.42 Å². The van der Waals surface area contributed by atoms with Gasteiger partial charge in [0.25, 0.3) is 0 Å². The summed E-state index contributed by atoms with van der Waals surface area (Å²) in [5.41, 5.74) is 2.43. The molecule has 122 valence electrons. The number of hydrogen-bond acceptors (Lipinski definition) is 1. The molecule has 2 heteroatoms. The van der Waals surface area contributed by atoms with Gasteiger partial charge in [-0.05, 0) is 23.3 Å². The predicted molar refractivity (Wildman–Crippen MR) is 97.5 cm³/mol. The zero-order valence-corrected chi connectivity index (χ0v) is 14.8. The molecule has 0 amide bonds. The van der Waals surface area contributed by atoms with Crippen molar-refractivity contribution in [2.24, 2.45) is 0 Å². The number of carbonyl (C=O) groups is 1. The van der Waals surface area contributed by atoms with Crippen LogP contribution in [0.3, 0.4) is 0 Å². The average molecular weight is 302 g/mol. The van der Waals surface area contributed by atoms with E-state index < -0.39 is 5.97 Å². The molecular weight excluding hydrogens is 272 g/mol. The highest BCUT2D eigenvalue weighted by molar-refractivity contribution is 5.88. The van der Waals surface area contributed by atoms with Gasteiger partial charge in [0, 0.05) is 0 Å². The average Bonchev–Trinajstić information content (AvgIpc) is 2.60. The first-order chi connectivity index (χ1) is 10.7. The van der Waals surface area contributed by atoms with E-state index in [9.17, 15) is 4.79 Å². The molecule has 0 bridgehead atoms. The number of carboxylic acids is 1. The molecule has 0 radical (unpaired) electrons. The molecule has 2 aromatic rings. The van der Waals surface area contributed by atoms with Crippen LogP contribution in [0.1, 0.15) is 58.3 Å². The largest absolute Gasteiger partial charge is 0.478 e. The van der Waals surface area contributed by atoms with Gasteiger partial charge in [0.1, 0.15) is 0 Å². The third-order valence-corrected chi connectivity index (χ3v) is 2.24. The van der Waals surface area contributed by atoms with Crippen molar-refractivity contribution in [2.75, 3.05) is 0 Å². The van der Waals surface area contributed by atoms with Crippen LogP contribution in [-0.4, -0.2) is 11.1 Å². The van der Waals surface area contributed by atoms with Crippen molar-refractivity contribution >= 4 is 5.97 Å². The van der Waals surface area contributed by atoms with Gasteiger partial charge in [-0.15, -0.1) is 0 Å². The van der Waals surface area contributed by atoms with E-state index in [1.807, 2.05) is 70.2 Å². The monoisotopic (exact) mass is 302 g/mol. The van der Waals surface area contributed by atoms with Crippen LogP contribution in [0, 0.1) is 0 Å². The Morgan fingerprint density at radius 1 is 0.773 bits per heavy atom. The molecule has 0 saturated heterocycles. The standard InChI is InChI=1S/C13H10O2.C3H8.2C2H6/c14-13(15)12-8-6-11(7-9-12)10-4-2-1-3-5-10;1-3-2;2*1-2/h1-9H,(H,14,15);3H2,1-2H3;2*1-2H3. The Labute approximate surface area is 135 Å². The first-order valence-corrected chi connectivity index (χ1v) is 8.07. The SMILES string of the molecule is CC.CC.CCC.O=C(O)c1ccc(-c2ccccc2)cc1. The normalized spacial score (nSPS) is 8.09. The van der Waals surface area contributed by atoms with Crippen molar-refractivity contribution in [3.63, 3.8) is 0 Å². The van der Waals surface area contributed by atoms with Crippen LogP contribution in [-0.2, 0) is 0 Å². The van der Waals surface area contributed by atoms with Gasteiger partial charge in [-0.25, -0.2) is 4.79 Å². The molecule has 0 aliphatic heterocycles. The van der Waals surface area contributed by atoms with E-state index in [4.69, 9.17) is 5.11 Å². The van der Waals surface area contributed by atoms with Crippen LogP contribution >= 0.6 is 0 Å². The summed E-state index contributed by atoms with van der Waals surface area (Å²) < 4.78 is 0. The van der Waals surface area contributed by atoms with Crippen molar-refractivity contribution < 1.29 is 9.90 Å². The molecule has 0 aliphatic carbocycles. The Bertz CT molecular complexity index is 473. The van der Waals surface area contributed by atoms with E-state index in [2.05, 4.69) is 13.8 Å². The summed E-state index contributed by atoms with van der Waals surface area (Å²) in [5.74, 6) is -0.894. The molecule has 2 aromatic carbocycles. The number of benzene rings is 2. The first-order valence-electron chi connectivity index (χ1n) is 8.07.